The van der Waals surface area contributed by atoms with Gasteiger partial charge in [-0.15, -0.1) is 0 Å². The molecule has 0 aliphatic rings. The van der Waals surface area contributed by atoms with E-state index in [4.69, 9.17) is 5.26 Å². The first-order chi connectivity index (χ1) is 9.86. The number of rotatable bonds is 3. The van der Waals surface area contributed by atoms with Gasteiger partial charge in [-0.05, 0) is 24.3 Å². The van der Waals surface area contributed by atoms with Crippen LogP contribution < -0.4 is 4.72 Å². The molecule has 0 saturated heterocycles. The lowest BCUT2D eigenvalue weighted by Crippen LogP contribution is -2.16. The summed E-state index contributed by atoms with van der Waals surface area (Å²) in [6, 6.07) is 7.33. The maximum absolute atomic E-state index is 13.5. The fraction of sp³-hybridized carbons (Fsp3) is 0. The third-order valence-corrected chi connectivity index (χ3v) is 3.98. The van der Waals surface area contributed by atoms with Gasteiger partial charge >= 0.3 is 0 Å². The molecule has 0 heterocycles. The second-order valence-electron chi connectivity index (χ2n) is 3.93. The number of nitrogens with zero attached hydrogens (tertiary/aromatic N) is 1. The van der Waals surface area contributed by atoms with Crippen LogP contribution in [0.1, 0.15) is 5.56 Å². The first-order valence-corrected chi connectivity index (χ1v) is 7.00. The van der Waals surface area contributed by atoms with E-state index < -0.39 is 43.6 Å². The van der Waals surface area contributed by atoms with Crippen LogP contribution in [-0.2, 0) is 10.0 Å². The fourth-order valence-electron chi connectivity index (χ4n) is 1.62. The van der Waals surface area contributed by atoms with E-state index in [1.807, 2.05) is 0 Å². The van der Waals surface area contributed by atoms with Crippen LogP contribution in [0.4, 0.5) is 18.9 Å². The molecule has 0 atom stereocenters. The standard InChI is InChI=1S/C13H7F3N2O2S/c14-9-3-2-6-12(8(9)7-17)21(19,20)18-11-5-1-4-10(15)13(11)16/h1-6,18H. The Labute approximate surface area is 118 Å². The van der Waals surface area contributed by atoms with Crippen LogP contribution in [0.2, 0.25) is 0 Å². The van der Waals surface area contributed by atoms with Crippen molar-refractivity contribution in [1.29, 1.82) is 5.26 Å². The predicted octanol–water partition coefficient (Wildman–Crippen LogP) is 2.78. The van der Waals surface area contributed by atoms with Crippen molar-refractivity contribution < 1.29 is 21.6 Å². The summed E-state index contributed by atoms with van der Waals surface area (Å²) in [6.45, 7) is 0. The summed E-state index contributed by atoms with van der Waals surface area (Å²) < 4.78 is 65.9. The van der Waals surface area contributed by atoms with Crippen LogP contribution in [0.25, 0.3) is 0 Å². The number of sulfonamides is 1. The highest BCUT2D eigenvalue weighted by Gasteiger charge is 2.23. The molecule has 1 N–H and O–H groups in total. The van der Waals surface area contributed by atoms with Gasteiger partial charge in [-0.2, -0.15) is 5.26 Å². The number of hydrogen-bond acceptors (Lipinski definition) is 3. The van der Waals surface area contributed by atoms with Crippen LogP contribution in [0.3, 0.4) is 0 Å². The lowest BCUT2D eigenvalue weighted by molar-refractivity contribution is 0.511. The maximum atomic E-state index is 13.5. The van der Waals surface area contributed by atoms with Crippen LogP contribution in [0, 0.1) is 28.8 Å². The van der Waals surface area contributed by atoms with E-state index in [1.165, 1.54) is 6.07 Å². The molecular weight excluding hydrogens is 305 g/mol. The SMILES string of the molecule is N#Cc1c(F)cccc1S(=O)(=O)Nc1cccc(F)c1F. The highest BCUT2D eigenvalue weighted by atomic mass is 32.2. The minimum Gasteiger partial charge on any atom is -0.276 e. The second-order valence-corrected chi connectivity index (χ2v) is 5.58. The molecule has 0 amide bonds. The Morgan fingerprint density at radius 3 is 2.29 bits per heavy atom. The van der Waals surface area contributed by atoms with Crippen LogP contribution in [0.15, 0.2) is 41.3 Å². The van der Waals surface area contributed by atoms with Gasteiger partial charge in [0.05, 0.1) is 5.69 Å². The average Bonchev–Trinajstić information content (AvgIpc) is 2.43. The van der Waals surface area contributed by atoms with Crippen LogP contribution >= 0.6 is 0 Å². The fourth-order valence-corrected chi connectivity index (χ4v) is 2.85. The van der Waals surface area contributed by atoms with E-state index in [1.54, 1.807) is 4.72 Å². The Balaban J connectivity index is 2.52. The lowest BCUT2D eigenvalue weighted by atomic mass is 10.2. The molecule has 21 heavy (non-hydrogen) atoms. The number of benzene rings is 2. The topological polar surface area (TPSA) is 70.0 Å². The number of anilines is 1. The van der Waals surface area contributed by atoms with Gasteiger partial charge in [0, 0.05) is 0 Å². The first kappa shape index (κ1) is 14.9. The normalized spacial score (nSPS) is 11.0. The van der Waals surface area contributed by atoms with E-state index >= 15 is 0 Å². The van der Waals surface area contributed by atoms with E-state index in [-0.39, 0.29) is 0 Å². The Kier molecular flexibility index (Phi) is 3.86. The number of hydrogen-bond donors (Lipinski definition) is 1. The zero-order chi connectivity index (χ0) is 15.6. The Bertz CT molecular complexity index is 845. The van der Waals surface area contributed by atoms with Crippen LogP contribution in [-0.4, -0.2) is 8.42 Å². The smallest absolute Gasteiger partial charge is 0.263 e. The molecule has 2 rings (SSSR count). The molecule has 0 aromatic heterocycles. The summed E-state index contributed by atoms with van der Waals surface area (Å²) in [5.41, 5.74) is -1.34. The van der Waals surface area contributed by atoms with Gasteiger partial charge in [-0.25, -0.2) is 21.6 Å². The van der Waals surface area contributed by atoms with Crippen molar-refractivity contribution in [3.63, 3.8) is 0 Å². The quantitative estimate of drug-likeness (QED) is 0.947. The number of nitrogens with one attached hydrogen (secondary N) is 1. The minimum absolute atomic E-state index is 0.636. The minimum atomic E-state index is -4.44. The molecule has 0 unspecified atom stereocenters. The lowest BCUT2D eigenvalue weighted by Gasteiger charge is -2.10. The molecule has 0 fully saturated rings. The molecule has 0 spiro atoms. The van der Waals surface area contributed by atoms with Crippen molar-refractivity contribution in [3.05, 3.63) is 59.4 Å². The van der Waals surface area contributed by atoms with E-state index in [2.05, 4.69) is 0 Å². The van der Waals surface area contributed by atoms with Gasteiger partial charge in [0.25, 0.3) is 10.0 Å². The third kappa shape index (κ3) is 2.83. The van der Waals surface area contributed by atoms with Crippen molar-refractivity contribution in [2.75, 3.05) is 4.72 Å². The molecule has 0 radical (unpaired) electrons. The van der Waals surface area contributed by atoms with Crippen molar-refractivity contribution in [2.24, 2.45) is 0 Å². The van der Waals surface area contributed by atoms with Gasteiger partial charge in [0.1, 0.15) is 22.3 Å². The Hall–Kier alpha value is -2.53. The molecule has 0 aliphatic heterocycles. The van der Waals surface area contributed by atoms with Crippen LogP contribution in [0.5, 0.6) is 0 Å². The molecule has 4 nitrogen and oxygen atoms in total. The van der Waals surface area contributed by atoms with Gasteiger partial charge in [-0.3, -0.25) is 4.72 Å². The molecule has 0 saturated carbocycles. The summed E-state index contributed by atoms with van der Waals surface area (Å²) >= 11 is 0. The van der Waals surface area contributed by atoms with E-state index in [0.717, 1.165) is 36.4 Å². The predicted molar refractivity (Wildman–Crippen MR) is 68.3 cm³/mol. The van der Waals surface area contributed by atoms with Gasteiger partial charge in [0.15, 0.2) is 11.6 Å². The first-order valence-electron chi connectivity index (χ1n) is 5.52. The highest BCUT2D eigenvalue weighted by Crippen LogP contribution is 2.23. The van der Waals surface area contributed by atoms with Crippen molar-refractivity contribution in [1.82, 2.24) is 0 Å². The number of halogens is 3. The largest absolute Gasteiger partial charge is 0.276 e. The Morgan fingerprint density at radius 2 is 1.62 bits per heavy atom. The summed E-state index contributed by atoms with van der Waals surface area (Å²) in [7, 11) is -4.44. The molecule has 0 aliphatic carbocycles. The van der Waals surface area contributed by atoms with Crippen molar-refractivity contribution >= 4 is 15.7 Å². The second kappa shape index (κ2) is 5.46. The maximum Gasteiger partial charge on any atom is 0.263 e. The molecule has 2 aromatic rings. The zero-order valence-corrected chi connectivity index (χ0v) is 11.1. The monoisotopic (exact) mass is 312 g/mol. The van der Waals surface area contributed by atoms with Crippen molar-refractivity contribution in [2.45, 2.75) is 4.90 Å². The van der Waals surface area contributed by atoms with Gasteiger partial charge in [-0.1, -0.05) is 12.1 Å². The van der Waals surface area contributed by atoms with Crippen molar-refractivity contribution in [3.8, 4) is 6.07 Å². The van der Waals surface area contributed by atoms with E-state index in [9.17, 15) is 21.6 Å². The summed E-state index contributed by atoms with van der Waals surface area (Å²) in [6.07, 6.45) is 0. The van der Waals surface area contributed by atoms with E-state index in [0.29, 0.717) is 0 Å². The summed E-state index contributed by atoms with van der Waals surface area (Å²) in [4.78, 5) is -0.659. The van der Waals surface area contributed by atoms with Gasteiger partial charge < -0.3 is 0 Å². The molecular formula is C13H7F3N2O2S. The highest BCUT2D eigenvalue weighted by molar-refractivity contribution is 7.92. The molecule has 0 bridgehead atoms. The third-order valence-electron chi connectivity index (χ3n) is 2.57. The molecule has 8 heteroatoms. The summed E-state index contributed by atoms with van der Waals surface area (Å²) in [5.74, 6) is -3.66. The zero-order valence-electron chi connectivity index (χ0n) is 10.3. The van der Waals surface area contributed by atoms with Gasteiger partial charge in [0.2, 0.25) is 0 Å². The molecule has 2 aromatic carbocycles. The Morgan fingerprint density at radius 1 is 1.00 bits per heavy atom. The molecule has 108 valence electrons. The summed E-state index contributed by atoms with van der Waals surface area (Å²) in [5, 5.41) is 8.81. The average molecular weight is 312 g/mol. The number of nitriles is 1.